The highest BCUT2D eigenvalue weighted by molar-refractivity contribution is 5.71. The summed E-state index contributed by atoms with van der Waals surface area (Å²) in [5, 5.41) is 9.55. The van der Waals surface area contributed by atoms with Crippen LogP contribution < -0.4 is 11.5 Å². The van der Waals surface area contributed by atoms with Gasteiger partial charge in [0.15, 0.2) is 0 Å². The van der Waals surface area contributed by atoms with E-state index in [4.69, 9.17) is 11.5 Å². The lowest BCUT2D eigenvalue weighted by molar-refractivity contribution is 0.478. The SMILES string of the molecule is C=C(/C=C\c1cccc(O)c1N)C(N)c1ccccc1. The van der Waals surface area contributed by atoms with Crippen molar-refractivity contribution in [2.45, 2.75) is 6.04 Å². The molecule has 0 aliphatic carbocycles. The fourth-order valence-corrected chi connectivity index (χ4v) is 1.89. The number of nitrogen functional groups attached to an aromatic ring is 1. The van der Waals surface area contributed by atoms with Crippen molar-refractivity contribution in [3.63, 3.8) is 0 Å². The van der Waals surface area contributed by atoms with Crippen molar-refractivity contribution in [3.8, 4) is 5.75 Å². The monoisotopic (exact) mass is 266 g/mol. The maximum absolute atomic E-state index is 9.55. The minimum Gasteiger partial charge on any atom is -0.506 e. The summed E-state index contributed by atoms with van der Waals surface area (Å²) in [7, 11) is 0. The number of hydrogen-bond donors (Lipinski definition) is 3. The normalized spacial score (nSPS) is 12.4. The molecule has 3 nitrogen and oxygen atoms in total. The van der Waals surface area contributed by atoms with E-state index in [9.17, 15) is 5.11 Å². The molecule has 0 saturated carbocycles. The van der Waals surface area contributed by atoms with E-state index in [1.807, 2.05) is 42.5 Å². The number of phenolic OH excluding ortho intramolecular Hbond substituents is 1. The van der Waals surface area contributed by atoms with Crippen molar-refractivity contribution in [2.75, 3.05) is 5.73 Å². The largest absolute Gasteiger partial charge is 0.506 e. The van der Waals surface area contributed by atoms with Gasteiger partial charge in [0.2, 0.25) is 0 Å². The second kappa shape index (κ2) is 6.08. The summed E-state index contributed by atoms with van der Waals surface area (Å²) in [6.45, 7) is 3.98. The third-order valence-corrected chi connectivity index (χ3v) is 3.15. The Morgan fingerprint density at radius 3 is 2.50 bits per heavy atom. The van der Waals surface area contributed by atoms with E-state index in [0.717, 1.165) is 16.7 Å². The second-order valence-corrected chi connectivity index (χ2v) is 4.58. The van der Waals surface area contributed by atoms with Gasteiger partial charge in [-0.05, 0) is 17.2 Å². The van der Waals surface area contributed by atoms with Crippen LogP contribution >= 0.6 is 0 Å². The molecule has 2 rings (SSSR count). The van der Waals surface area contributed by atoms with Gasteiger partial charge in [0.1, 0.15) is 5.75 Å². The summed E-state index contributed by atoms with van der Waals surface area (Å²) >= 11 is 0. The molecular formula is C17H18N2O. The van der Waals surface area contributed by atoms with Crippen LogP contribution in [0.4, 0.5) is 5.69 Å². The Labute approximate surface area is 118 Å². The van der Waals surface area contributed by atoms with Gasteiger partial charge in [-0.15, -0.1) is 0 Å². The molecule has 0 aliphatic heterocycles. The maximum atomic E-state index is 9.55. The van der Waals surface area contributed by atoms with Gasteiger partial charge in [0, 0.05) is 5.56 Å². The first-order valence-corrected chi connectivity index (χ1v) is 6.34. The number of aromatic hydroxyl groups is 1. The molecular weight excluding hydrogens is 248 g/mol. The van der Waals surface area contributed by atoms with Gasteiger partial charge in [-0.3, -0.25) is 0 Å². The molecule has 1 atom stereocenters. The van der Waals surface area contributed by atoms with Crippen LogP contribution in [0.25, 0.3) is 6.08 Å². The van der Waals surface area contributed by atoms with Crippen molar-refractivity contribution in [2.24, 2.45) is 5.73 Å². The van der Waals surface area contributed by atoms with E-state index in [1.165, 1.54) is 0 Å². The summed E-state index contributed by atoms with van der Waals surface area (Å²) in [5.41, 5.74) is 14.8. The van der Waals surface area contributed by atoms with Crippen molar-refractivity contribution in [1.82, 2.24) is 0 Å². The Morgan fingerprint density at radius 2 is 1.80 bits per heavy atom. The molecule has 0 radical (unpaired) electrons. The molecule has 5 N–H and O–H groups in total. The van der Waals surface area contributed by atoms with Gasteiger partial charge in [-0.1, -0.05) is 61.2 Å². The minimum absolute atomic E-state index is 0.0742. The average Bonchev–Trinajstić information content (AvgIpc) is 2.48. The van der Waals surface area contributed by atoms with Crippen LogP contribution in [0.2, 0.25) is 0 Å². The Morgan fingerprint density at radius 1 is 1.10 bits per heavy atom. The standard InChI is InChI=1S/C17H18N2O/c1-12(16(18)13-6-3-2-4-7-13)10-11-14-8-5-9-15(20)17(14)19/h2-11,16,20H,1,18-19H2/b11-10-. The molecule has 2 aromatic carbocycles. The van der Waals surface area contributed by atoms with E-state index < -0.39 is 0 Å². The summed E-state index contributed by atoms with van der Waals surface area (Å²) in [6, 6.07) is 14.6. The predicted molar refractivity (Wildman–Crippen MR) is 84.1 cm³/mol. The summed E-state index contributed by atoms with van der Waals surface area (Å²) in [6.07, 6.45) is 3.63. The fourth-order valence-electron chi connectivity index (χ4n) is 1.89. The lowest BCUT2D eigenvalue weighted by atomic mass is 10.00. The molecule has 0 saturated heterocycles. The molecule has 2 aromatic rings. The van der Waals surface area contributed by atoms with Crippen LogP contribution in [0.5, 0.6) is 5.75 Å². The van der Waals surface area contributed by atoms with E-state index in [1.54, 1.807) is 18.2 Å². The molecule has 0 amide bonds. The lowest BCUT2D eigenvalue weighted by Crippen LogP contribution is -2.11. The minimum atomic E-state index is -0.258. The first kappa shape index (κ1) is 13.9. The van der Waals surface area contributed by atoms with Gasteiger partial charge >= 0.3 is 0 Å². The van der Waals surface area contributed by atoms with Gasteiger partial charge in [0.05, 0.1) is 11.7 Å². The zero-order valence-corrected chi connectivity index (χ0v) is 11.2. The molecule has 0 aliphatic rings. The first-order valence-electron chi connectivity index (χ1n) is 6.34. The van der Waals surface area contributed by atoms with E-state index >= 15 is 0 Å². The van der Waals surface area contributed by atoms with Crippen LogP contribution in [0, 0.1) is 0 Å². The Hall–Kier alpha value is -2.52. The van der Waals surface area contributed by atoms with Crippen molar-refractivity contribution >= 4 is 11.8 Å². The Balaban J connectivity index is 2.15. The molecule has 0 heterocycles. The number of phenols is 1. The maximum Gasteiger partial charge on any atom is 0.139 e. The number of rotatable bonds is 4. The van der Waals surface area contributed by atoms with Crippen LogP contribution in [-0.2, 0) is 0 Å². The zero-order valence-electron chi connectivity index (χ0n) is 11.2. The highest BCUT2D eigenvalue weighted by atomic mass is 16.3. The number of anilines is 1. The molecule has 0 bridgehead atoms. The van der Waals surface area contributed by atoms with E-state index in [2.05, 4.69) is 6.58 Å². The van der Waals surface area contributed by atoms with Crippen LogP contribution in [0.3, 0.4) is 0 Å². The van der Waals surface area contributed by atoms with E-state index in [0.29, 0.717) is 5.69 Å². The summed E-state index contributed by atoms with van der Waals surface area (Å²) < 4.78 is 0. The van der Waals surface area contributed by atoms with Crippen LogP contribution in [0.15, 0.2) is 66.8 Å². The molecule has 0 aromatic heterocycles. The quantitative estimate of drug-likeness (QED) is 0.452. The number of nitrogens with two attached hydrogens (primary N) is 2. The Bertz CT molecular complexity index is 633. The first-order chi connectivity index (χ1) is 9.59. The third-order valence-electron chi connectivity index (χ3n) is 3.15. The Kier molecular flexibility index (Phi) is 4.23. The van der Waals surface area contributed by atoms with Crippen molar-refractivity contribution in [1.29, 1.82) is 0 Å². The number of para-hydroxylation sites is 1. The predicted octanol–water partition coefficient (Wildman–Crippen LogP) is 3.24. The van der Waals surface area contributed by atoms with E-state index in [-0.39, 0.29) is 11.8 Å². The molecule has 0 spiro atoms. The fraction of sp³-hybridized carbons (Fsp3) is 0.0588. The second-order valence-electron chi connectivity index (χ2n) is 4.58. The van der Waals surface area contributed by atoms with Gasteiger partial charge in [-0.25, -0.2) is 0 Å². The smallest absolute Gasteiger partial charge is 0.139 e. The van der Waals surface area contributed by atoms with Gasteiger partial charge < -0.3 is 16.6 Å². The molecule has 20 heavy (non-hydrogen) atoms. The van der Waals surface area contributed by atoms with Crippen LogP contribution in [-0.4, -0.2) is 5.11 Å². The third kappa shape index (κ3) is 3.08. The number of hydrogen-bond acceptors (Lipinski definition) is 3. The lowest BCUT2D eigenvalue weighted by Gasteiger charge is -2.12. The molecule has 102 valence electrons. The molecule has 0 fully saturated rings. The molecule has 3 heteroatoms. The van der Waals surface area contributed by atoms with Gasteiger partial charge in [0.25, 0.3) is 0 Å². The average molecular weight is 266 g/mol. The summed E-state index contributed by atoms with van der Waals surface area (Å²) in [5.74, 6) is 0.0742. The zero-order chi connectivity index (χ0) is 14.5. The number of benzene rings is 2. The van der Waals surface area contributed by atoms with Crippen molar-refractivity contribution < 1.29 is 5.11 Å². The highest BCUT2D eigenvalue weighted by Gasteiger charge is 2.07. The topological polar surface area (TPSA) is 72.3 Å². The summed E-state index contributed by atoms with van der Waals surface area (Å²) in [4.78, 5) is 0. The van der Waals surface area contributed by atoms with Crippen LogP contribution in [0.1, 0.15) is 17.2 Å². The van der Waals surface area contributed by atoms with Gasteiger partial charge in [-0.2, -0.15) is 0 Å². The highest BCUT2D eigenvalue weighted by Crippen LogP contribution is 2.26. The van der Waals surface area contributed by atoms with Crippen molar-refractivity contribution in [3.05, 3.63) is 77.9 Å². The molecule has 1 unspecified atom stereocenters.